The van der Waals surface area contributed by atoms with Crippen molar-refractivity contribution < 1.29 is 22.6 Å². The summed E-state index contributed by atoms with van der Waals surface area (Å²) in [6.07, 6.45) is 0. The molecule has 0 saturated carbocycles. The van der Waals surface area contributed by atoms with E-state index in [1.807, 2.05) is 0 Å². The number of imide groups is 1. The van der Waals surface area contributed by atoms with E-state index in [2.05, 4.69) is 5.32 Å². The van der Waals surface area contributed by atoms with Crippen LogP contribution < -0.4 is 5.32 Å². The highest BCUT2D eigenvalue weighted by Crippen LogP contribution is 2.13. The predicted octanol–water partition coefficient (Wildman–Crippen LogP) is 1.50. The number of rotatable bonds is 1. The highest BCUT2D eigenvalue weighted by Gasteiger charge is 2.25. The van der Waals surface area contributed by atoms with Gasteiger partial charge in [0, 0.05) is 0 Å². The molecule has 2 aromatic rings. The number of amides is 2. The Labute approximate surface area is 121 Å². The molecule has 21 heavy (non-hydrogen) atoms. The van der Waals surface area contributed by atoms with Gasteiger partial charge in [-0.2, -0.15) is 8.42 Å². The minimum Gasteiger partial charge on any atom is -0.288 e. The summed E-state index contributed by atoms with van der Waals surface area (Å²) >= 11 is 0. The molecule has 2 amide bonds. The van der Waals surface area contributed by atoms with E-state index in [1.165, 1.54) is 12.1 Å². The van der Waals surface area contributed by atoms with Crippen molar-refractivity contribution in [1.29, 1.82) is 0 Å². The molecule has 2 N–H and O–H groups in total. The van der Waals surface area contributed by atoms with Gasteiger partial charge in [-0.25, -0.2) is 0 Å². The van der Waals surface area contributed by atoms with E-state index in [0.29, 0.717) is 11.1 Å². The number of hydrogen-bond acceptors (Lipinski definition) is 4. The molecule has 0 saturated heterocycles. The predicted molar refractivity (Wildman–Crippen MR) is 74.5 cm³/mol. The number of carbonyl (C=O) groups is 2. The van der Waals surface area contributed by atoms with Gasteiger partial charge in [0.1, 0.15) is 0 Å². The zero-order chi connectivity index (χ0) is 15.5. The van der Waals surface area contributed by atoms with Crippen LogP contribution in [0.15, 0.2) is 59.5 Å². The number of benzene rings is 2. The van der Waals surface area contributed by atoms with Crippen molar-refractivity contribution in [2.45, 2.75) is 4.90 Å². The summed E-state index contributed by atoms with van der Waals surface area (Å²) < 4.78 is 29.2. The first-order valence-electron chi connectivity index (χ1n) is 5.87. The smallest absolute Gasteiger partial charge is 0.288 e. The van der Waals surface area contributed by atoms with Crippen molar-refractivity contribution in [1.82, 2.24) is 5.32 Å². The lowest BCUT2D eigenvalue weighted by Gasteiger charge is -1.92. The fourth-order valence-electron chi connectivity index (χ4n) is 1.71. The van der Waals surface area contributed by atoms with Crippen LogP contribution >= 0.6 is 0 Å². The van der Waals surface area contributed by atoms with Gasteiger partial charge in [0.15, 0.2) is 0 Å². The van der Waals surface area contributed by atoms with E-state index in [0.717, 1.165) is 0 Å². The van der Waals surface area contributed by atoms with Crippen LogP contribution in [0.4, 0.5) is 0 Å². The van der Waals surface area contributed by atoms with E-state index in [1.54, 1.807) is 42.5 Å². The van der Waals surface area contributed by atoms with Crippen molar-refractivity contribution in [2.75, 3.05) is 0 Å². The number of nitrogens with one attached hydrogen (secondary N) is 1. The van der Waals surface area contributed by atoms with Crippen LogP contribution in [-0.4, -0.2) is 24.8 Å². The van der Waals surface area contributed by atoms with Gasteiger partial charge < -0.3 is 0 Å². The summed E-state index contributed by atoms with van der Waals surface area (Å²) in [6.45, 7) is 0. The van der Waals surface area contributed by atoms with Gasteiger partial charge in [-0.15, -0.1) is 0 Å². The fourth-order valence-corrected chi connectivity index (χ4v) is 2.21. The summed E-state index contributed by atoms with van der Waals surface area (Å²) in [5.74, 6) is -0.601. The Morgan fingerprint density at radius 3 is 1.57 bits per heavy atom. The lowest BCUT2D eigenvalue weighted by atomic mass is 10.1. The molecular formula is C14H11NO5S. The first kappa shape index (κ1) is 14.9. The highest BCUT2D eigenvalue weighted by atomic mass is 32.2. The van der Waals surface area contributed by atoms with Crippen LogP contribution in [0.1, 0.15) is 20.7 Å². The van der Waals surface area contributed by atoms with E-state index in [4.69, 9.17) is 4.55 Å². The van der Waals surface area contributed by atoms with Crippen molar-refractivity contribution in [3.05, 3.63) is 65.7 Å². The van der Waals surface area contributed by atoms with Crippen LogP contribution in [0.2, 0.25) is 0 Å². The average molecular weight is 305 g/mol. The molecule has 0 radical (unpaired) electrons. The third kappa shape index (κ3) is 3.53. The number of fused-ring (bicyclic) bond motifs is 1. The molecule has 0 atom stereocenters. The lowest BCUT2D eigenvalue weighted by molar-refractivity contribution is 0.0879. The highest BCUT2D eigenvalue weighted by molar-refractivity contribution is 7.85. The molecule has 3 rings (SSSR count). The Hall–Kier alpha value is -2.51. The molecule has 1 heterocycles. The molecule has 6 nitrogen and oxygen atoms in total. The standard InChI is InChI=1S/C8H5NO2.C6H6O3S/c10-7-5-3-1-2-4-6(5)8(11)9-7;7-10(8,9)6-4-2-1-3-5-6/h1-4H,(H,9,10,11);1-5H,(H,7,8,9). The monoisotopic (exact) mass is 305 g/mol. The molecule has 1 aliphatic heterocycles. The first-order valence-corrected chi connectivity index (χ1v) is 7.31. The van der Waals surface area contributed by atoms with Crippen molar-refractivity contribution >= 4 is 21.9 Å². The Bertz CT molecular complexity index is 751. The summed E-state index contributed by atoms with van der Waals surface area (Å²) in [6, 6.07) is 14.2. The Morgan fingerprint density at radius 1 is 0.762 bits per heavy atom. The molecular weight excluding hydrogens is 294 g/mol. The van der Waals surface area contributed by atoms with Gasteiger partial charge in [0.2, 0.25) is 0 Å². The molecule has 0 aliphatic carbocycles. The van der Waals surface area contributed by atoms with Crippen LogP contribution in [0.3, 0.4) is 0 Å². The minimum atomic E-state index is -4.00. The first-order chi connectivity index (χ1) is 9.89. The van der Waals surface area contributed by atoms with Gasteiger partial charge in [-0.1, -0.05) is 30.3 Å². The zero-order valence-electron chi connectivity index (χ0n) is 10.7. The van der Waals surface area contributed by atoms with E-state index in [-0.39, 0.29) is 16.7 Å². The molecule has 0 aromatic heterocycles. The molecule has 1 aliphatic rings. The van der Waals surface area contributed by atoms with Gasteiger partial charge >= 0.3 is 0 Å². The van der Waals surface area contributed by atoms with Crippen LogP contribution in [0.25, 0.3) is 0 Å². The Balaban J connectivity index is 0.000000155. The maximum Gasteiger partial charge on any atom is 0.294 e. The van der Waals surface area contributed by atoms with Crippen LogP contribution in [-0.2, 0) is 10.1 Å². The normalized spacial score (nSPS) is 13.0. The molecule has 0 fully saturated rings. The lowest BCUT2D eigenvalue weighted by Crippen LogP contribution is -2.19. The van der Waals surface area contributed by atoms with Crippen LogP contribution in [0.5, 0.6) is 0 Å². The molecule has 2 aromatic carbocycles. The van der Waals surface area contributed by atoms with E-state index < -0.39 is 10.1 Å². The fraction of sp³-hybridized carbons (Fsp3) is 0. The van der Waals surface area contributed by atoms with Crippen LogP contribution in [0, 0.1) is 0 Å². The quantitative estimate of drug-likeness (QED) is 0.614. The number of hydrogen-bond donors (Lipinski definition) is 2. The van der Waals surface area contributed by atoms with Gasteiger partial charge in [-0.05, 0) is 24.3 Å². The van der Waals surface area contributed by atoms with Crippen molar-refractivity contribution in [2.24, 2.45) is 0 Å². The van der Waals surface area contributed by atoms with Gasteiger partial charge in [-0.3, -0.25) is 19.5 Å². The van der Waals surface area contributed by atoms with Gasteiger partial charge in [0.05, 0.1) is 16.0 Å². The SMILES string of the molecule is O=C1NC(=O)c2ccccc21.O=S(=O)(O)c1ccccc1. The summed E-state index contributed by atoms with van der Waals surface area (Å²) in [5.41, 5.74) is 0.940. The third-order valence-electron chi connectivity index (χ3n) is 2.68. The maximum absolute atomic E-state index is 10.9. The summed E-state index contributed by atoms with van der Waals surface area (Å²) in [4.78, 5) is 21.8. The van der Waals surface area contributed by atoms with E-state index >= 15 is 0 Å². The van der Waals surface area contributed by atoms with Crippen molar-refractivity contribution in [3.8, 4) is 0 Å². The zero-order valence-corrected chi connectivity index (χ0v) is 11.5. The van der Waals surface area contributed by atoms with Crippen molar-refractivity contribution in [3.63, 3.8) is 0 Å². The Morgan fingerprint density at radius 2 is 1.19 bits per heavy atom. The Kier molecular flexibility index (Phi) is 4.15. The second-order valence-corrected chi connectivity index (χ2v) is 5.54. The molecule has 0 bridgehead atoms. The molecule has 7 heteroatoms. The van der Waals surface area contributed by atoms with E-state index in [9.17, 15) is 18.0 Å². The molecule has 0 unspecified atom stereocenters. The summed E-state index contributed by atoms with van der Waals surface area (Å²) in [5, 5.41) is 2.20. The largest absolute Gasteiger partial charge is 0.294 e. The summed E-state index contributed by atoms with van der Waals surface area (Å²) in [7, 11) is -4.00. The molecule has 108 valence electrons. The number of carbonyl (C=O) groups excluding carboxylic acids is 2. The average Bonchev–Trinajstić information content (AvgIpc) is 2.76. The second-order valence-electron chi connectivity index (χ2n) is 4.12. The third-order valence-corrected chi connectivity index (χ3v) is 3.55. The maximum atomic E-state index is 10.9. The minimum absolute atomic E-state index is 0.0741. The second kappa shape index (κ2) is 5.86. The van der Waals surface area contributed by atoms with Gasteiger partial charge in [0.25, 0.3) is 21.9 Å². The topological polar surface area (TPSA) is 101 Å². The molecule has 0 spiro atoms.